The molecule has 1 aromatic carbocycles. The third-order valence-electron chi connectivity index (χ3n) is 5.02. The highest BCUT2D eigenvalue weighted by Crippen LogP contribution is 2.27. The van der Waals surface area contributed by atoms with Gasteiger partial charge >= 0.3 is 6.03 Å². The molecule has 3 aromatic rings. The molecule has 0 unspecified atom stereocenters. The monoisotopic (exact) mass is 349 g/mol. The minimum atomic E-state index is 0.0329. The van der Waals surface area contributed by atoms with Crippen LogP contribution in [0, 0.1) is 0 Å². The molecule has 0 aliphatic carbocycles. The predicted molar refractivity (Wildman–Crippen MR) is 100 cm³/mol. The van der Waals surface area contributed by atoms with Gasteiger partial charge in [-0.3, -0.25) is 4.40 Å². The van der Waals surface area contributed by atoms with Crippen molar-refractivity contribution in [3.63, 3.8) is 0 Å². The maximum atomic E-state index is 12.4. The van der Waals surface area contributed by atoms with Gasteiger partial charge in [0.15, 0.2) is 5.65 Å². The van der Waals surface area contributed by atoms with Crippen molar-refractivity contribution in [2.45, 2.75) is 25.2 Å². The molecule has 4 rings (SSSR count). The smallest absolute Gasteiger partial charge is 0.317 e. The highest BCUT2D eigenvalue weighted by molar-refractivity contribution is 5.74. The van der Waals surface area contributed by atoms with Gasteiger partial charge in [-0.2, -0.15) is 0 Å². The Balaban J connectivity index is 1.28. The SMILES string of the molecule is O=C(NCCc1ccccc1)N1CCC(c2nnc3ccccn23)CC1. The first-order valence-corrected chi connectivity index (χ1v) is 9.17. The molecule has 134 valence electrons. The average Bonchev–Trinajstić information content (AvgIpc) is 3.13. The normalized spacial score (nSPS) is 15.3. The zero-order valence-electron chi connectivity index (χ0n) is 14.7. The van der Waals surface area contributed by atoms with Gasteiger partial charge in [0, 0.05) is 31.7 Å². The van der Waals surface area contributed by atoms with Crippen LogP contribution < -0.4 is 5.32 Å². The molecule has 2 aromatic heterocycles. The molecule has 1 N–H and O–H groups in total. The Kier molecular flexibility index (Phi) is 4.82. The molecule has 1 saturated heterocycles. The largest absolute Gasteiger partial charge is 0.338 e. The van der Waals surface area contributed by atoms with Crippen molar-refractivity contribution in [2.75, 3.05) is 19.6 Å². The van der Waals surface area contributed by atoms with Crippen LogP contribution >= 0.6 is 0 Å². The Bertz CT molecular complexity index is 868. The fraction of sp³-hybridized carbons (Fsp3) is 0.350. The van der Waals surface area contributed by atoms with Gasteiger partial charge in [0.1, 0.15) is 5.82 Å². The van der Waals surface area contributed by atoms with E-state index in [0.717, 1.165) is 43.8 Å². The third-order valence-corrected chi connectivity index (χ3v) is 5.02. The lowest BCUT2D eigenvalue weighted by molar-refractivity contribution is 0.180. The van der Waals surface area contributed by atoms with Gasteiger partial charge in [-0.15, -0.1) is 10.2 Å². The molecule has 1 aliphatic heterocycles. The molecule has 0 spiro atoms. The van der Waals surface area contributed by atoms with E-state index in [2.05, 4.69) is 32.0 Å². The number of nitrogens with one attached hydrogen (secondary N) is 1. The lowest BCUT2D eigenvalue weighted by atomic mass is 9.96. The van der Waals surface area contributed by atoms with Crippen molar-refractivity contribution in [3.8, 4) is 0 Å². The van der Waals surface area contributed by atoms with E-state index in [0.29, 0.717) is 12.5 Å². The molecule has 2 amide bonds. The van der Waals surface area contributed by atoms with E-state index in [4.69, 9.17) is 0 Å². The lowest BCUT2D eigenvalue weighted by Gasteiger charge is -2.31. The topological polar surface area (TPSA) is 62.5 Å². The summed E-state index contributed by atoms with van der Waals surface area (Å²) in [5.41, 5.74) is 2.12. The van der Waals surface area contributed by atoms with Crippen LogP contribution in [0.15, 0.2) is 54.7 Å². The van der Waals surface area contributed by atoms with Gasteiger partial charge in [0.05, 0.1) is 0 Å². The van der Waals surface area contributed by atoms with Crippen molar-refractivity contribution in [3.05, 3.63) is 66.1 Å². The molecule has 26 heavy (non-hydrogen) atoms. The van der Waals surface area contributed by atoms with E-state index in [1.807, 2.05) is 47.5 Å². The van der Waals surface area contributed by atoms with Crippen LogP contribution in [0.25, 0.3) is 5.65 Å². The van der Waals surface area contributed by atoms with Crippen LogP contribution in [0.3, 0.4) is 0 Å². The predicted octanol–water partition coefficient (Wildman–Crippen LogP) is 2.86. The number of hydrogen-bond donors (Lipinski definition) is 1. The highest BCUT2D eigenvalue weighted by atomic mass is 16.2. The summed E-state index contributed by atoms with van der Waals surface area (Å²) in [6.45, 7) is 2.17. The Hall–Kier alpha value is -2.89. The van der Waals surface area contributed by atoms with Crippen molar-refractivity contribution < 1.29 is 4.79 Å². The highest BCUT2D eigenvalue weighted by Gasteiger charge is 2.26. The van der Waals surface area contributed by atoms with E-state index >= 15 is 0 Å². The quantitative estimate of drug-likeness (QED) is 0.788. The molecule has 0 radical (unpaired) electrons. The minimum Gasteiger partial charge on any atom is -0.338 e. The van der Waals surface area contributed by atoms with E-state index in [1.165, 1.54) is 5.56 Å². The summed E-state index contributed by atoms with van der Waals surface area (Å²) in [4.78, 5) is 14.3. The summed E-state index contributed by atoms with van der Waals surface area (Å²) in [7, 11) is 0. The van der Waals surface area contributed by atoms with Crippen LogP contribution in [0.2, 0.25) is 0 Å². The number of rotatable bonds is 4. The van der Waals surface area contributed by atoms with Crippen LogP contribution in [-0.2, 0) is 6.42 Å². The zero-order valence-corrected chi connectivity index (χ0v) is 14.7. The van der Waals surface area contributed by atoms with Crippen molar-refractivity contribution in [1.29, 1.82) is 0 Å². The summed E-state index contributed by atoms with van der Waals surface area (Å²) in [6, 6.07) is 16.2. The summed E-state index contributed by atoms with van der Waals surface area (Å²) < 4.78 is 2.06. The molecule has 3 heterocycles. The van der Waals surface area contributed by atoms with Gasteiger partial charge in [-0.05, 0) is 37.0 Å². The summed E-state index contributed by atoms with van der Waals surface area (Å²) in [5.74, 6) is 1.35. The lowest BCUT2D eigenvalue weighted by Crippen LogP contribution is -2.44. The third kappa shape index (κ3) is 3.54. The number of nitrogens with zero attached hydrogens (tertiary/aromatic N) is 4. The van der Waals surface area contributed by atoms with Crippen LogP contribution in [0.4, 0.5) is 4.79 Å². The van der Waals surface area contributed by atoms with E-state index in [-0.39, 0.29) is 6.03 Å². The molecule has 6 heteroatoms. The van der Waals surface area contributed by atoms with Gasteiger partial charge in [0.2, 0.25) is 0 Å². The molecular weight excluding hydrogens is 326 g/mol. The number of likely N-dealkylation sites (tertiary alicyclic amines) is 1. The number of piperidine rings is 1. The van der Waals surface area contributed by atoms with Crippen molar-refractivity contribution >= 4 is 11.7 Å². The molecule has 1 aliphatic rings. The molecule has 0 atom stereocenters. The van der Waals surface area contributed by atoms with Gasteiger partial charge in [-0.25, -0.2) is 4.79 Å². The second kappa shape index (κ2) is 7.56. The minimum absolute atomic E-state index is 0.0329. The number of carbonyl (C=O) groups is 1. The Morgan fingerprint density at radius 3 is 2.62 bits per heavy atom. The van der Waals surface area contributed by atoms with E-state index in [1.54, 1.807) is 0 Å². The number of benzene rings is 1. The first-order chi connectivity index (χ1) is 12.8. The van der Waals surface area contributed by atoms with Gasteiger partial charge in [-0.1, -0.05) is 36.4 Å². The number of amides is 2. The molecular formula is C20H23N5O. The van der Waals surface area contributed by atoms with Crippen LogP contribution in [0.5, 0.6) is 0 Å². The van der Waals surface area contributed by atoms with E-state index in [9.17, 15) is 4.79 Å². The first kappa shape index (κ1) is 16.6. The Morgan fingerprint density at radius 2 is 1.81 bits per heavy atom. The molecule has 6 nitrogen and oxygen atoms in total. The summed E-state index contributed by atoms with van der Waals surface area (Å²) in [5, 5.41) is 11.6. The fourth-order valence-corrected chi connectivity index (χ4v) is 3.55. The Labute approximate surface area is 152 Å². The fourth-order valence-electron chi connectivity index (χ4n) is 3.55. The summed E-state index contributed by atoms with van der Waals surface area (Å²) in [6.07, 6.45) is 4.70. The van der Waals surface area contributed by atoms with Crippen molar-refractivity contribution in [2.24, 2.45) is 0 Å². The maximum Gasteiger partial charge on any atom is 0.317 e. The number of hydrogen-bond acceptors (Lipinski definition) is 3. The van der Waals surface area contributed by atoms with Gasteiger partial charge < -0.3 is 10.2 Å². The second-order valence-corrected chi connectivity index (χ2v) is 6.72. The number of aromatic nitrogens is 3. The molecule has 1 fully saturated rings. The molecule has 0 bridgehead atoms. The Morgan fingerprint density at radius 1 is 1.04 bits per heavy atom. The van der Waals surface area contributed by atoms with Crippen LogP contribution in [-0.4, -0.2) is 45.2 Å². The zero-order chi connectivity index (χ0) is 17.8. The number of urea groups is 1. The average molecular weight is 349 g/mol. The van der Waals surface area contributed by atoms with E-state index < -0.39 is 0 Å². The summed E-state index contributed by atoms with van der Waals surface area (Å²) >= 11 is 0. The number of fused-ring (bicyclic) bond motifs is 1. The maximum absolute atomic E-state index is 12.4. The standard InChI is InChI=1S/C20H23N5O/c26-20(21-12-9-16-6-2-1-3-7-16)24-14-10-17(11-15-24)19-23-22-18-8-4-5-13-25(18)19/h1-8,13,17H,9-12,14-15H2,(H,21,26). The number of pyridine rings is 1. The second-order valence-electron chi connectivity index (χ2n) is 6.72. The van der Waals surface area contributed by atoms with Crippen molar-refractivity contribution in [1.82, 2.24) is 24.8 Å². The number of carbonyl (C=O) groups excluding carboxylic acids is 1. The first-order valence-electron chi connectivity index (χ1n) is 9.17. The molecule has 0 saturated carbocycles. The van der Waals surface area contributed by atoms with Crippen LogP contribution in [0.1, 0.15) is 30.1 Å². The van der Waals surface area contributed by atoms with Gasteiger partial charge in [0.25, 0.3) is 0 Å².